The summed E-state index contributed by atoms with van der Waals surface area (Å²) in [7, 11) is 1.28. The van der Waals surface area contributed by atoms with Gasteiger partial charge in [0.15, 0.2) is 0 Å². The molecule has 1 heterocycles. The molecule has 1 aliphatic rings. The van der Waals surface area contributed by atoms with E-state index < -0.39 is 72.3 Å². The van der Waals surface area contributed by atoms with Gasteiger partial charge in [-0.15, -0.1) is 0 Å². The number of nitrogens with one attached hydrogen (secondary N) is 4. The third-order valence-electron chi connectivity index (χ3n) is 8.01. The lowest BCUT2D eigenvalue weighted by molar-refractivity contribution is -0.147. The van der Waals surface area contributed by atoms with Gasteiger partial charge in [-0.05, 0) is 50.0 Å². The van der Waals surface area contributed by atoms with E-state index >= 15 is 0 Å². The number of hydrogen-bond donors (Lipinski definition) is 6. The van der Waals surface area contributed by atoms with Crippen molar-refractivity contribution in [1.82, 2.24) is 26.2 Å². The van der Waals surface area contributed by atoms with Crippen LogP contribution >= 0.6 is 0 Å². The number of aliphatic hydroxyl groups excluding tert-OH is 1. The van der Waals surface area contributed by atoms with Crippen molar-refractivity contribution >= 4 is 35.5 Å². The molecule has 0 saturated carbocycles. The highest BCUT2D eigenvalue weighted by atomic mass is 16.5. The molecule has 1 fully saturated rings. The second kappa shape index (κ2) is 19.3. The summed E-state index contributed by atoms with van der Waals surface area (Å²) < 4.78 is 4.89. The monoisotopic (exact) mass is 640 g/mol. The van der Waals surface area contributed by atoms with Gasteiger partial charge in [-0.1, -0.05) is 48.0 Å². The maximum Gasteiger partial charge on any atom is 0.328 e. The van der Waals surface area contributed by atoms with Gasteiger partial charge in [0.25, 0.3) is 0 Å². The molecular formula is C31H56N6O8. The summed E-state index contributed by atoms with van der Waals surface area (Å²) in [5.74, 6) is -3.45. The van der Waals surface area contributed by atoms with Gasteiger partial charge >= 0.3 is 5.97 Å². The number of amides is 5. The smallest absolute Gasteiger partial charge is 0.328 e. The molecule has 14 heteroatoms. The molecule has 14 nitrogen and oxygen atoms in total. The van der Waals surface area contributed by atoms with Crippen molar-refractivity contribution in [2.75, 3.05) is 20.2 Å². The number of β-amino-alcohol motifs (C(OH)–C–C–N with tert-alkyl or cyclic N) is 1. The lowest BCUT2D eigenvalue weighted by Crippen LogP contribution is -2.58. The largest absolute Gasteiger partial charge is 0.467 e. The SMILES string of the molecule is CC[C@H](C)[C@H](NC(=O)[C@@H]1CCCN1CC(O)[C@H](CC(C)C)NC(=O)[C@H](CC(N)=O)NC(=O)[C@H](CC(C)C)NC(C)=O)C(=O)OC. The van der Waals surface area contributed by atoms with Crippen LogP contribution in [0.15, 0.2) is 0 Å². The van der Waals surface area contributed by atoms with Crippen LogP contribution in [-0.4, -0.2) is 102 Å². The highest BCUT2D eigenvalue weighted by Crippen LogP contribution is 2.21. The number of carbonyl (C=O) groups is 6. The molecule has 0 bridgehead atoms. The topological polar surface area (TPSA) is 209 Å². The zero-order valence-electron chi connectivity index (χ0n) is 28.2. The fraction of sp³-hybridized carbons (Fsp3) is 0.806. The van der Waals surface area contributed by atoms with E-state index in [-0.39, 0.29) is 30.2 Å². The molecule has 1 aliphatic heterocycles. The molecule has 0 aromatic heterocycles. The quantitative estimate of drug-likeness (QED) is 0.105. The molecular weight excluding hydrogens is 584 g/mol. The van der Waals surface area contributed by atoms with Crippen molar-refractivity contribution in [3.05, 3.63) is 0 Å². The molecule has 1 rings (SSSR count). The van der Waals surface area contributed by atoms with Gasteiger partial charge in [0.1, 0.15) is 18.1 Å². The molecule has 5 amide bonds. The van der Waals surface area contributed by atoms with Crippen LogP contribution in [0.5, 0.6) is 0 Å². The lowest BCUT2D eigenvalue weighted by atomic mass is 9.97. The first kappa shape index (κ1) is 39.8. The fourth-order valence-corrected chi connectivity index (χ4v) is 5.49. The number of ether oxygens (including phenoxy) is 1. The van der Waals surface area contributed by atoms with E-state index in [1.165, 1.54) is 14.0 Å². The van der Waals surface area contributed by atoms with Gasteiger partial charge in [-0.25, -0.2) is 4.79 Å². The van der Waals surface area contributed by atoms with Crippen LogP contribution in [0.1, 0.15) is 87.0 Å². The average Bonchev–Trinajstić information content (AvgIpc) is 3.40. The number of methoxy groups -OCH3 is 1. The Morgan fingerprint density at radius 1 is 0.911 bits per heavy atom. The van der Waals surface area contributed by atoms with Gasteiger partial charge in [0.05, 0.1) is 31.7 Å². The van der Waals surface area contributed by atoms with E-state index in [4.69, 9.17) is 10.5 Å². The number of rotatable bonds is 19. The van der Waals surface area contributed by atoms with Crippen LogP contribution in [-0.2, 0) is 33.5 Å². The predicted molar refractivity (Wildman–Crippen MR) is 168 cm³/mol. The van der Waals surface area contributed by atoms with Gasteiger partial charge < -0.3 is 36.8 Å². The summed E-state index contributed by atoms with van der Waals surface area (Å²) in [4.78, 5) is 77.5. The number of esters is 1. The number of nitrogens with two attached hydrogens (primary N) is 1. The number of aliphatic hydroxyl groups is 1. The van der Waals surface area contributed by atoms with Gasteiger partial charge in [0.2, 0.25) is 29.5 Å². The first-order valence-electron chi connectivity index (χ1n) is 16.0. The van der Waals surface area contributed by atoms with Crippen molar-refractivity contribution in [2.45, 2.75) is 123 Å². The van der Waals surface area contributed by atoms with Crippen LogP contribution in [0.4, 0.5) is 0 Å². The van der Waals surface area contributed by atoms with Crippen molar-refractivity contribution < 1.29 is 38.6 Å². The Bertz CT molecular complexity index is 1020. The molecule has 0 aromatic carbocycles. The normalized spacial score (nSPS) is 19.1. The van der Waals surface area contributed by atoms with Crippen LogP contribution in [0, 0.1) is 17.8 Å². The number of hydrogen-bond acceptors (Lipinski definition) is 9. The minimum absolute atomic E-state index is 0.0540. The molecule has 45 heavy (non-hydrogen) atoms. The highest BCUT2D eigenvalue weighted by molar-refractivity contribution is 5.94. The van der Waals surface area contributed by atoms with Crippen molar-refractivity contribution in [2.24, 2.45) is 23.5 Å². The Hall–Kier alpha value is -3.26. The van der Waals surface area contributed by atoms with Gasteiger partial charge in [-0.2, -0.15) is 0 Å². The summed E-state index contributed by atoms with van der Waals surface area (Å²) in [6.07, 6.45) is 0.995. The third kappa shape index (κ3) is 13.7. The first-order chi connectivity index (χ1) is 21.0. The Morgan fingerprint density at radius 3 is 2.02 bits per heavy atom. The molecule has 0 aromatic rings. The molecule has 0 spiro atoms. The van der Waals surface area contributed by atoms with Crippen molar-refractivity contribution in [1.29, 1.82) is 0 Å². The Morgan fingerprint density at radius 2 is 1.51 bits per heavy atom. The lowest BCUT2D eigenvalue weighted by Gasteiger charge is -2.33. The minimum Gasteiger partial charge on any atom is -0.467 e. The van der Waals surface area contributed by atoms with E-state index in [2.05, 4.69) is 21.3 Å². The first-order valence-corrected chi connectivity index (χ1v) is 16.0. The third-order valence-corrected chi connectivity index (χ3v) is 8.01. The maximum atomic E-state index is 13.4. The summed E-state index contributed by atoms with van der Waals surface area (Å²) in [5, 5.41) is 22.1. The average molecular weight is 641 g/mol. The summed E-state index contributed by atoms with van der Waals surface area (Å²) in [6, 6.07) is -4.41. The van der Waals surface area contributed by atoms with Crippen LogP contribution in [0.25, 0.3) is 0 Å². The summed E-state index contributed by atoms with van der Waals surface area (Å²) in [6.45, 7) is 13.3. The van der Waals surface area contributed by atoms with E-state index in [0.29, 0.717) is 38.6 Å². The maximum absolute atomic E-state index is 13.4. The summed E-state index contributed by atoms with van der Waals surface area (Å²) in [5.41, 5.74) is 5.39. The number of likely N-dealkylation sites (tertiary alicyclic amines) is 1. The standard InChI is InChI=1S/C31H56N6O8/c1-9-19(6)27(31(44)45-8)36-30(43)24-11-10-12-37(24)16-25(39)21(13-17(2)3)34-29(42)23(15-26(32)40)35-28(41)22(14-18(4)5)33-20(7)38/h17-19,21-25,27,39H,9-16H2,1-8H3,(H2,32,40)(H,33,38)(H,34,42)(H,35,41)(H,36,43)/t19-,21-,22-,23-,24-,25?,27-/m0/s1. The van der Waals surface area contributed by atoms with Crippen molar-refractivity contribution in [3.8, 4) is 0 Å². The van der Waals surface area contributed by atoms with E-state index in [1.54, 1.807) is 0 Å². The summed E-state index contributed by atoms with van der Waals surface area (Å²) >= 11 is 0. The molecule has 258 valence electrons. The fourth-order valence-electron chi connectivity index (χ4n) is 5.49. The zero-order valence-corrected chi connectivity index (χ0v) is 28.2. The second-order valence-electron chi connectivity index (χ2n) is 13.0. The van der Waals surface area contributed by atoms with E-state index in [0.717, 1.165) is 0 Å². The van der Waals surface area contributed by atoms with E-state index in [9.17, 15) is 33.9 Å². The molecule has 1 unspecified atom stereocenters. The predicted octanol–water partition coefficient (Wildman–Crippen LogP) is -0.0425. The Balaban J connectivity index is 3.09. The number of nitrogens with zero attached hydrogens (tertiary/aromatic N) is 1. The second-order valence-corrected chi connectivity index (χ2v) is 13.0. The number of primary amides is 1. The molecule has 7 atom stereocenters. The minimum atomic E-state index is -1.33. The van der Waals surface area contributed by atoms with E-state index in [1.807, 2.05) is 46.4 Å². The number of carbonyl (C=O) groups excluding carboxylic acids is 6. The van der Waals surface area contributed by atoms with Crippen molar-refractivity contribution in [3.63, 3.8) is 0 Å². The molecule has 1 saturated heterocycles. The zero-order chi connectivity index (χ0) is 34.4. The Kier molecular flexibility index (Phi) is 17.1. The van der Waals surface area contributed by atoms with Gasteiger partial charge in [-0.3, -0.25) is 28.9 Å². The molecule has 0 aliphatic carbocycles. The van der Waals surface area contributed by atoms with Gasteiger partial charge in [0, 0.05) is 13.5 Å². The van der Waals surface area contributed by atoms with Crippen LogP contribution in [0.3, 0.4) is 0 Å². The highest BCUT2D eigenvalue weighted by Gasteiger charge is 2.37. The molecule has 0 radical (unpaired) electrons. The molecule has 7 N–H and O–H groups in total. The van der Waals surface area contributed by atoms with Crippen LogP contribution in [0.2, 0.25) is 0 Å². The van der Waals surface area contributed by atoms with Crippen LogP contribution < -0.4 is 27.0 Å². The Labute approximate surface area is 267 Å².